The fourth-order valence-corrected chi connectivity index (χ4v) is 3.42. The van der Waals surface area contributed by atoms with Crippen LogP contribution in [-0.4, -0.2) is 25.0 Å². The van der Waals surface area contributed by atoms with E-state index in [2.05, 4.69) is 5.32 Å². The first-order chi connectivity index (χ1) is 12.5. The minimum atomic E-state index is -0.379. The number of amides is 2. The van der Waals surface area contributed by atoms with E-state index in [4.69, 9.17) is 4.74 Å². The van der Waals surface area contributed by atoms with Crippen molar-refractivity contribution >= 4 is 23.2 Å². The molecule has 0 aromatic heterocycles. The van der Waals surface area contributed by atoms with Crippen molar-refractivity contribution in [2.24, 2.45) is 5.92 Å². The number of hydrogen-bond donors (Lipinski definition) is 1. The zero-order valence-corrected chi connectivity index (χ0v) is 15.4. The molecule has 1 N–H and O–H groups in total. The van der Waals surface area contributed by atoms with E-state index in [1.165, 1.54) is 0 Å². The van der Waals surface area contributed by atoms with Crippen molar-refractivity contribution in [3.05, 3.63) is 53.6 Å². The van der Waals surface area contributed by atoms with Crippen molar-refractivity contribution in [3.63, 3.8) is 0 Å². The van der Waals surface area contributed by atoms with Gasteiger partial charge < -0.3 is 15.0 Å². The first-order valence-corrected chi connectivity index (χ1v) is 8.90. The molecule has 1 aliphatic rings. The molecule has 2 aromatic carbocycles. The summed E-state index contributed by atoms with van der Waals surface area (Å²) in [5, 5.41) is 2.92. The Kier molecular flexibility index (Phi) is 5.26. The van der Waals surface area contributed by atoms with Gasteiger partial charge in [0.15, 0.2) is 0 Å². The third-order valence-electron chi connectivity index (χ3n) is 4.65. The monoisotopic (exact) mass is 352 g/mol. The summed E-state index contributed by atoms with van der Waals surface area (Å²) in [7, 11) is 0. The summed E-state index contributed by atoms with van der Waals surface area (Å²) in [6, 6.07) is 13.3. The highest BCUT2D eigenvalue weighted by Crippen LogP contribution is 2.32. The number of benzene rings is 2. The van der Waals surface area contributed by atoms with E-state index in [1.807, 2.05) is 63.2 Å². The molecule has 2 aromatic rings. The number of ether oxygens (including phenoxy) is 1. The Morgan fingerprint density at radius 1 is 1.15 bits per heavy atom. The van der Waals surface area contributed by atoms with E-state index in [-0.39, 0.29) is 24.2 Å². The number of aryl methyl sites for hydroxylation is 2. The molecule has 1 heterocycles. The maximum absolute atomic E-state index is 12.7. The molecular formula is C21H24N2O3. The van der Waals surface area contributed by atoms with Gasteiger partial charge in [-0.15, -0.1) is 0 Å². The Labute approximate surface area is 154 Å². The number of rotatable bonds is 5. The number of nitrogens with one attached hydrogen (secondary N) is 1. The van der Waals surface area contributed by atoms with Crippen LogP contribution in [0.1, 0.15) is 24.5 Å². The summed E-state index contributed by atoms with van der Waals surface area (Å²) >= 11 is 0. The van der Waals surface area contributed by atoms with Crippen LogP contribution in [0.5, 0.6) is 5.75 Å². The molecule has 1 fully saturated rings. The van der Waals surface area contributed by atoms with Crippen LogP contribution >= 0.6 is 0 Å². The Morgan fingerprint density at radius 2 is 1.85 bits per heavy atom. The largest absolute Gasteiger partial charge is 0.492 e. The standard InChI is InChI=1S/C21H24N2O3/c1-4-26-18-11-6-5-10-17(18)22-21(25)16-12-19(24)23(13-16)20-14(2)8-7-9-15(20)3/h5-11,16H,4,12-13H2,1-3H3,(H,22,25). The van der Waals surface area contributed by atoms with Crippen LogP contribution in [0.3, 0.4) is 0 Å². The molecule has 1 atom stereocenters. The molecule has 0 aliphatic carbocycles. The molecule has 3 rings (SSSR count). The third-order valence-corrected chi connectivity index (χ3v) is 4.65. The fraction of sp³-hybridized carbons (Fsp3) is 0.333. The van der Waals surface area contributed by atoms with Gasteiger partial charge in [0.25, 0.3) is 0 Å². The van der Waals surface area contributed by atoms with Gasteiger partial charge in [-0.25, -0.2) is 0 Å². The second-order valence-electron chi connectivity index (χ2n) is 6.56. The van der Waals surface area contributed by atoms with Gasteiger partial charge >= 0.3 is 0 Å². The predicted molar refractivity (Wildman–Crippen MR) is 103 cm³/mol. The number of nitrogens with zero attached hydrogens (tertiary/aromatic N) is 1. The number of carbonyl (C=O) groups excluding carboxylic acids is 2. The topological polar surface area (TPSA) is 58.6 Å². The summed E-state index contributed by atoms with van der Waals surface area (Å²) in [5.74, 6) is 0.0929. The van der Waals surface area contributed by atoms with E-state index in [0.29, 0.717) is 24.6 Å². The van der Waals surface area contributed by atoms with Crippen molar-refractivity contribution in [3.8, 4) is 5.75 Å². The van der Waals surface area contributed by atoms with Crippen LogP contribution in [-0.2, 0) is 9.59 Å². The highest BCUT2D eigenvalue weighted by atomic mass is 16.5. The lowest BCUT2D eigenvalue weighted by Gasteiger charge is -2.21. The Morgan fingerprint density at radius 3 is 2.54 bits per heavy atom. The highest BCUT2D eigenvalue weighted by Gasteiger charge is 2.36. The highest BCUT2D eigenvalue weighted by molar-refractivity contribution is 6.04. The maximum atomic E-state index is 12.7. The maximum Gasteiger partial charge on any atom is 0.229 e. The molecule has 1 unspecified atom stereocenters. The summed E-state index contributed by atoms with van der Waals surface area (Å²) in [6.07, 6.45) is 0.219. The summed E-state index contributed by atoms with van der Waals surface area (Å²) < 4.78 is 5.55. The van der Waals surface area contributed by atoms with Crippen molar-refractivity contribution < 1.29 is 14.3 Å². The normalized spacial score (nSPS) is 16.7. The lowest BCUT2D eigenvalue weighted by atomic mass is 10.1. The smallest absolute Gasteiger partial charge is 0.229 e. The van der Waals surface area contributed by atoms with E-state index < -0.39 is 0 Å². The molecule has 0 saturated carbocycles. The molecule has 0 spiro atoms. The second kappa shape index (κ2) is 7.60. The Hall–Kier alpha value is -2.82. The van der Waals surface area contributed by atoms with Crippen molar-refractivity contribution in [1.29, 1.82) is 0 Å². The van der Waals surface area contributed by atoms with Gasteiger partial charge in [-0.1, -0.05) is 30.3 Å². The zero-order valence-electron chi connectivity index (χ0n) is 15.4. The molecule has 5 heteroatoms. The lowest BCUT2D eigenvalue weighted by molar-refractivity contribution is -0.122. The molecule has 2 amide bonds. The SMILES string of the molecule is CCOc1ccccc1NC(=O)C1CC(=O)N(c2c(C)cccc2C)C1. The Balaban J connectivity index is 1.76. The third kappa shape index (κ3) is 3.57. The van der Waals surface area contributed by atoms with E-state index >= 15 is 0 Å². The van der Waals surface area contributed by atoms with Gasteiger partial charge in [0.1, 0.15) is 5.75 Å². The van der Waals surface area contributed by atoms with Crippen LogP contribution in [0.25, 0.3) is 0 Å². The van der Waals surface area contributed by atoms with Gasteiger partial charge in [0.2, 0.25) is 11.8 Å². The molecule has 5 nitrogen and oxygen atoms in total. The van der Waals surface area contributed by atoms with Crippen LogP contribution in [0, 0.1) is 19.8 Å². The molecule has 26 heavy (non-hydrogen) atoms. The predicted octanol–water partition coefficient (Wildman–Crippen LogP) is 3.69. The number of anilines is 2. The summed E-state index contributed by atoms with van der Waals surface area (Å²) in [4.78, 5) is 27.0. The molecule has 1 aliphatic heterocycles. The molecule has 1 saturated heterocycles. The average Bonchev–Trinajstić information content (AvgIpc) is 2.98. The number of carbonyl (C=O) groups is 2. The van der Waals surface area contributed by atoms with Gasteiger partial charge in [0.05, 0.1) is 18.2 Å². The van der Waals surface area contributed by atoms with Gasteiger partial charge in [0, 0.05) is 18.7 Å². The van der Waals surface area contributed by atoms with Gasteiger partial charge in [-0.2, -0.15) is 0 Å². The number of para-hydroxylation sites is 3. The summed E-state index contributed by atoms with van der Waals surface area (Å²) in [6.45, 7) is 6.79. The molecule has 136 valence electrons. The van der Waals surface area contributed by atoms with Crippen molar-refractivity contribution in [2.75, 3.05) is 23.4 Å². The van der Waals surface area contributed by atoms with Crippen LogP contribution < -0.4 is 15.0 Å². The van der Waals surface area contributed by atoms with Crippen LogP contribution in [0.2, 0.25) is 0 Å². The quantitative estimate of drug-likeness (QED) is 0.893. The summed E-state index contributed by atoms with van der Waals surface area (Å²) in [5.41, 5.74) is 3.64. The van der Waals surface area contributed by atoms with Gasteiger partial charge in [-0.3, -0.25) is 9.59 Å². The Bertz CT molecular complexity index is 812. The van der Waals surface area contributed by atoms with E-state index in [0.717, 1.165) is 16.8 Å². The average molecular weight is 352 g/mol. The second-order valence-corrected chi connectivity index (χ2v) is 6.56. The van der Waals surface area contributed by atoms with Crippen molar-refractivity contribution in [1.82, 2.24) is 0 Å². The van der Waals surface area contributed by atoms with Crippen LogP contribution in [0.4, 0.5) is 11.4 Å². The first kappa shape index (κ1) is 18.0. The van der Waals surface area contributed by atoms with E-state index in [9.17, 15) is 9.59 Å². The van der Waals surface area contributed by atoms with Gasteiger partial charge in [-0.05, 0) is 44.0 Å². The number of hydrogen-bond acceptors (Lipinski definition) is 3. The molecular weight excluding hydrogens is 328 g/mol. The fourth-order valence-electron chi connectivity index (χ4n) is 3.42. The lowest BCUT2D eigenvalue weighted by Crippen LogP contribution is -2.29. The zero-order chi connectivity index (χ0) is 18.7. The molecule has 0 radical (unpaired) electrons. The minimum absolute atomic E-state index is 0.0133. The van der Waals surface area contributed by atoms with Crippen LogP contribution in [0.15, 0.2) is 42.5 Å². The molecule has 0 bridgehead atoms. The minimum Gasteiger partial charge on any atom is -0.492 e. The first-order valence-electron chi connectivity index (χ1n) is 8.90. The van der Waals surface area contributed by atoms with Crippen molar-refractivity contribution in [2.45, 2.75) is 27.2 Å². The van der Waals surface area contributed by atoms with E-state index in [1.54, 1.807) is 4.90 Å².